The van der Waals surface area contributed by atoms with E-state index in [2.05, 4.69) is 26.3 Å². The summed E-state index contributed by atoms with van der Waals surface area (Å²) in [6, 6.07) is 5.19. The van der Waals surface area contributed by atoms with Crippen LogP contribution in [-0.2, 0) is 6.54 Å². The van der Waals surface area contributed by atoms with Crippen LogP contribution in [0.4, 0.5) is 0 Å². The van der Waals surface area contributed by atoms with E-state index in [9.17, 15) is 4.79 Å². The van der Waals surface area contributed by atoms with Crippen LogP contribution in [0.25, 0.3) is 0 Å². The first-order valence-corrected chi connectivity index (χ1v) is 7.37. The van der Waals surface area contributed by atoms with Gasteiger partial charge in [-0.3, -0.25) is 9.48 Å². The number of nitrogens with one attached hydrogen (secondary N) is 1. The van der Waals surface area contributed by atoms with Crippen molar-refractivity contribution >= 4 is 21.8 Å². The highest BCUT2D eigenvalue weighted by Gasteiger charge is 2.14. The minimum Gasteiger partial charge on any atom is -0.486 e. The van der Waals surface area contributed by atoms with Gasteiger partial charge < -0.3 is 14.8 Å². The van der Waals surface area contributed by atoms with Crippen LogP contribution in [0.2, 0.25) is 0 Å². The molecule has 7 heteroatoms. The van der Waals surface area contributed by atoms with E-state index in [4.69, 9.17) is 9.47 Å². The van der Waals surface area contributed by atoms with Crippen molar-refractivity contribution < 1.29 is 14.3 Å². The summed E-state index contributed by atoms with van der Waals surface area (Å²) in [5.41, 5.74) is 0.556. The Morgan fingerprint density at radius 1 is 1.33 bits per heavy atom. The Bertz CT molecular complexity index is 657. The quantitative estimate of drug-likeness (QED) is 0.912. The monoisotopic (exact) mass is 351 g/mol. The molecule has 110 valence electrons. The standard InChI is InChI=1S/C14H14BrN3O3/c15-11-8-17-18(9-11)4-3-16-14(19)10-1-2-12-13(7-10)21-6-5-20-12/h1-2,7-9H,3-6H2,(H,16,19). The number of amides is 1. The predicted octanol–water partition coefficient (Wildman–Crippen LogP) is 1.85. The van der Waals surface area contributed by atoms with E-state index in [-0.39, 0.29) is 5.91 Å². The lowest BCUT2D eigenvalue weighted by Crippen LogP contribution is -2.27. The number of fused-ring (bicyclic) bond motifs is 1. The van der Waals surface area contributed by atoms with E-state index in [1.165, 1.54) is 0 Å². The Kier molecular flexibility index (Phi) is 4.10. The maximum Gasteiger partial charge on any atom is 0.251 e. The maximum atomic E-state index is 12.1. The Balaban J connectivity index is 1.57. The first-order chi connectivity index (χ1) is 10.2. The molecule has 6 nitrogen and oxygen atoms in total. The smallest absolute Gasteiger partial charge is 0.251 e. The lowest BCUT2D eigenvalue weighted by molar-refractivity contribution is 0.0950. The molecule has 1 N–H and O–H groups in total. The summed E-state index contributed by atoms with van der Waals surface area (Å²) in [7, 11) is 0. The number of carbonyl (C=O) groups is 1. The Labute approximate surface area is 130 Å². The first-order valence-electron chi connectivity index (χ1n) is 6.58. The summed E-state index contributed by atoms with van der Waals surface area (Å²) < 4.78 is 13.6. The van der Waals surface area contributed by atoms with Gasteiger partial charge in [0.25, 0.3) is 5.91 Å². The minimum absolute atomic E-state index is 0.141. The summed E-state index contributed by atoms with van der Waals surface area (Å²) in [6.07, 6.45) is 3.57. The van der Waals surface area contributed by atoms with E-state index >= 15 is 0 Å². The number of rotatable bonds is 4. The van der Waals surface area contributed by atoms with Gasteiger partial charge in [-0.1, -0.05) is 0 Å². The average Bonchev–Trinajstić information content (AvgIpc) is 2.92. The van der Waals surface area contributed by atoms with Crippen LogP contribution >= 0.6 is 15.9 Å². The van der Waals surface area contributed by atoms with E-state index in [1.54, 1.807) is 29.1 Å². The molecule has 2 aromatic rings. The molecule has 0 saturated heterocycles. The molecule has 0 bridgehead atoms. The normalized spacial score (nSPS) is 13.0. The molecule has 1 aromatic carbocycles. The molecule has 1 aromatic heterocycles. The molecule has 0 aliphatic carbocycles. The third kappa shape index (κ3) is 3.36. The highest BCUT2D eigenvalue weighted by atomic mass is 79.9. The van der Waals surface area contributed by atoms with Crippen LogP contribution < -0.4 is 14.8 Å². The minimum atomic E-state index is -0.141. The number of nitrogens with zero attached hydrogens (tertiary/aromatic N) is 2. The summed E-state index contributed by atoms with van der Waals surface area (Å²) in [5.74, 6) is 1.15. The van der Waals surface area contributed by atoms with Crippen molar-refractivity contribution in [3.8, 4) is 11.5 Å². The van der Waals surface area contributed by atoms with Crippen molar-refractivity contribution in [3.05, 3.63) is 40.6 Å². The lowest BCUT2D eigenvalue weighted by Gasteiger charge is -2.18. The Hall–Kier alpha value is -2.02. The highest BCUT2D eigenvalue weighted by molar-refractivity contribution is 9.10. The zero-order valence-corrected chi connectivity index (χ0v) is 12.8. The van der Waals surface area contributed by atoms with Gasteiger partial charge in [0.05, 0.1) is 17.2 Å². The van der Waals surface area contributed by atoms with Crippen molar-refractivity contribution in [1.82, 2.24) is 15.1 Å². The molecule has 0 spiro atoms. The van der Waals surface area contributed by atoms with Crippen LogP contribution in [0.1, 0.15) is 10.4 Å². The number of halogens is 1. The van der Waals surface area contributed by atoms with Crippen molar-refractivity contribution in [3.63, 3.8) is 0 Å². The van der Waals surface area contributed by atoms with Gasteiger partial charge in [0.2, 0.25) is 0 Å². The van der Waals surface area contributed by atoms with Crippen LogP contribution in [0, 0.1) is 0 Å². The van der Waals surface area contributed by atoms with Crippen molar-refractivity contribution in [2.24, 2.45) is 0 Å². The average molecular weight is 352 g/mol. The van der Waals surface area contributed by atoms with Crippen LogP contribution in [-0.4, -0.2) is 35.4 Å². The zero-order chi connectivity index (χ0) is 14.7. The fraction of sp³-hybridized carbons (Fsp3) is 0.286. The predicted molar refractivity (Wildman–Crippen MR) is 79.7 cm³/mol. The highest BCUT2D eigenvalue weighted by Crippen LogP contribution is 2.30. The first kappa shape index (κ1) is 13.9. The van der Waals surface area contributed by atoms with Gasteiger partial charge in [-0.25, -0.2) is 0 Å². The second kappa shape index (κ2) is 6.17. The largest absolute Gasteiger partial charge is 0.486 e. The van der Waals surface area contributed by atoms with Gasteiger partial charge in [0.15, 0.2) is 11.5 Å². The molecular weight excluding hydrogens is 338 g/mol. The molecule has 0 fully saturated rings. The van der Waals surface area contributed by atoms with E-state index in [0.29, 0.717) is 43.4 Å². The maximum absolute atomic E-state index is 12.1. The molecule has 21 heavy (non-hydrogen) atoms. The van der Waals surface area contributed by atoms with Crippen LogP contribution in [0.5, 0.6) is 11.5 Å². The molecule has 0 radical (unpaired) electrons. The molecule has 1 aliphatic rings. The van der Waals surface area contributed by atoms with Gasteiger partial charge in [-0.2, -0.15) is 5.10 Å². The molecule has 1 amide bonds. The number of ether oxygens (including phenoxy) is 2. The van der Waals surface area contributed by atoms with Crippen molar-refractivity contribution in [1.29, 1.82) is 0 Å². The molecule has 1 aliphatic heterocycles. The molecule has 0 unspecified atom stereocenters. The zero-order valence-electron chi connectivity index (χ0n) is 11.2. The van der Waals surface area contributed by atoms with E-state index < -0.39 is 0 Å². The third-order valence-corrected chi connectivity index (χ3v) is 3.44. The van der Waals surface area contributed by atoms with Gasteiger partial charge in [0.1, 0.15) is 13.2 Å². The summed E-state index contributed by atoms with van der Waals surface area (Å²) in [5, 5.41) is 6.98. The molecule has 3 rings (SSSR count). The van der Waals surface area contributed by atoms with Gasteiger partial charge in [-0.05, 0) is 34.1 Å². The van der Waals surface area contributed by atoms with Gasteiger partial charge in [-0.15, -0.1) is 0 Å². The molecule has 0 saturated carbocycles. The lowest BCUT2D eigenvalue weighted by atomic mass is 10.2. The molecule has 2 heterocycles. The van der Waals surface area contributed by atoms with Crippen LogP contribution in [0.15, 0.2) is 35.1 Å². The molecular formula is C14H14BrN3O3. The van der Waals surface area contributed by atoms with E-state index in [1.807, 2.05) is 6.20 Å². The fourth-order valence-electron chi connectivity index (χ4n) is 2.03. The number of aromatic nitrogens is 2. The number of benzene rings is 1. The summed E-state index contributed by atoms with van der Waals surface area (Å²) >= 11 is 3.33. The van der Waals surface area contributed by atoms with Crippen molar-refractivity contribution in [2.45, 2.75) is 6.54 Å². The topological polar surface area (TPSA) is 65.4 Å². The summed E-state index contributed by atoms with van der Waals surface area (Å²) in [4.78, 5) is 12.1. The Morgan fingerprint density at radius 3 is 2.90 bits per heavy atom. The van der Waals surface area contributed by atoms with E-state index in [0.717, 1.165) is 4.47 Å². The van der Waals surface area contributed by atoms with Gasteiger partial charge in [0, 0.05) is 18.3 Å². The van der Waals surface area contributed by atoms with Crippen molar-refractivity contribution in [2.75, 3.05) is 19.8 Å². The molecule has 0 atom stereocenters. The number of hydrogen-bond donors (Lipinski definition) is 1. The van der Waals surface area contributed by atoms with Crippen LogP contribution in [0.3, 0.4) is 0 Å². The number of hydrogen-bond acceptors (Lipinski definition) is 4. The second-order valence-electron chi connectivity index (χ2n) is 4.54. The fourth-order valence-corrected chi connectivity index (χ4v) is 2.36. The van der Waals surface area contributed by atoms with Gasteiger partial charge >= 0.3 is 0 Å². The summed E-state index contributed by atoms with van der Waals surface area (Å²) in [6.45, 7) is 2.16. The Morgan fingerprint density at radius 2 is 2.14 bits per heavy atom. The SMILES string of the molecule is O=C(NCCn1cc(Br)cn1)c1ccc2c(c1)OCCO2. The second-order valence-corrected chi connectivity index (χ2v) is 5.45. The third-order valence-electron chi connectivity index (χ3n) is 3.03. The number of carbonyl (C=O) groups excluding carboxylic acids is 1.